The summed E-state index contributed by atoms with van der Waals surface area (Å²) in [5.41, 5.74) is 0.157. The summed E-state index contributed by atoms with van der Waals surface area (Å²) in [4.78, 5) is 21.5. The molecule has 1 rings (SSSR count). The number of ether oxygens (including phenoxy) is 1. The predicted molar refractivity (Wildman–Crippen MR) is 48.3 cm³/mol. The number of benzene rings is 1. The minimum atomic E-state index is -1.03. The fourth-order valence-corrected chi connectivity index (χ4v) is 0.922. The van der Waals surface area contributed by atoms with Gasteiger partial charge in [-0.1, -0.05) is 18.2 Å². The quantitative estimate of drug-likeness (QED) is 0.530. The summed E-state index contributed by atoms with van der Waals surface area (Å²) in [7, 11) is 1.09. The molecule has 0 saturated carbocycles. The number of carbonyl (C=O) groups is 1. The first-order chi connectivity index (χ1) is 6.66. The molecular formula is C8H8N2O4. The van der Waals surface area contributed by atoms with E-state index in [1.807, 2.05) is 0 Å². The molecule has 0 aliphatic heterocycles. The number of amides is 1. The highest BCUT2D eigenvalue weighted by molar-refractivity contribution is 5.84. The standard InChI is InChI=1S/C8H8N2O4/c1-14-8(11)9(10(12)13)7-5-3-2-4-6-7/h2-6H,1H3. The molecule has 6 nitrogen and oxygen atoms in total. The monoisotopic (exact) mass is 196 g/mol. The zero-order chi connectivity index (χ0) is 10.6. The highest BCUT2D eigenvalue weighted by Gasteiger charge is 2.26. The van der Waals surface area contributed by atoms with Crippen molar-refractivity contribution in [1.29, 1.82) is 0 Å². The summed E-state index contributed by atoms with van der Waals surface area (Å²) < 4.78 is 4.27. The van der Waals surface area contributed by atoms with Gasteiger partial charge in [-0.2, -0.15) is 0 Å². The van der Waals surface area contributed by atoms with Gasteiger partial charge in [0, 0.05) is 5.01 Å². The number of nitro groups is 1. The van der Waals surface area contributed by atoms with Crippen LogP contribution < -0.4 is 5.01 Å². The molecule has 0 aromatic heterocycles. The van der Waals surface area contributed by atoms with Gasteiger partial charge in [0.15, 0.2) is 5.03 Å². The van der Waals surface area contributed by atoms with E-state index < -0.39 is 11.1 Å². The molecule has 14 heavy (non-hydrogen) atoms. The Morgan fingerprint density at radius 2 is 2.00 bits per heavy atom. The summed E-state index contributed by atoms with van der Waals surface area (Å²) in [5, 5.41) is 10.0. The lowest BCUT2D eigenvalue weighted by molar-refractivity contribution is -0.483. The maximum Gasteiger partial charge on any atom is 0.472 e. The number of hydrazine groups is 1. The van der Waals surface area contributed by atoms with Crippen LogP contribution in [0.1, 0.15) is 0 Å². The molecule has 1 aromatic rings. The summed E-state index contributed by atoms with van der Waals surface area (Å²) in [6.07, 6.45) is -1.03. The Balaban J connectivity index is 3.01. The lowest BCUT2D eigenvalue weighted by Gasteiger charge is -2.09. The first kappa shape index (κ1) is 9.97. The molecule has 0 saturated heterocycles. The van der Waals surface area contributed by atoms with Crippen LogP contribution in [-0.2, 0) is 4.74 Å². The van der Waals surface area contributed by atoms with E-state index in [-0.39, 0.29) is 5.69 Å². The van der Waals surface area contributed by atoms with Crippen LogP contribution in [0.15, 0.2) is 30.3 Å². The molecule has 0 bridgehead atoms. The first-order valence-electron chi connectivity index (χ1n) is 3.74. The van der Waals surface area contributed by atoms with Crippen molar-refractivity contribution < 1.29 is 14.6 Å². The fraction of sp³-hybridized carbons (Fsp3) is 0.125. The number of hydrogen-bond acceptors (Lipinski definition) is 4. The first-order valence-corrected chi connectivity index (χ1v) is 3.74. The van der Waals surface area contributed by atoms with Gasteiger partial charge in [0.05, 0.1) is 7.11 Å². The second-order valence-corrected chi connectivity index (χ2v) is 2.36. The van der Waals surface area contributed by atoms with Crippen LogP contribution in [0.3, 0.4) is 0 Å². The molecule has 0 fully saturated rings. The Morgan fingerprint density at radius 1 is 1.43 bits per heavy atom. The van der Waals surface area contributed by atoms with E-state index >= 15 is 0 Å². The molecule has 1 aromatic carbocycles. The second-order valence-electron chi connectivity index (χ2n) is 2.36. The lowest BCUT2D eigenvalue weighted by atomic mass is 10.3. The van der Waals surface area contributed by atoms with Crippen molar-refractivity contribution in [3.63, 3.8) is 0 Å². The Kier molecular flexibility index (Phi) is 3.01. The number of anilines is 1. The molecule has 0 heterocycles. The molecule has 0 radical (unpaired) electrons. The smallest absolute Gasteiger partial charge is 0.449 e. The van der Waals surface area contributed by atoms with Crippen LogP contribution in [0, 0.1) is 10.1 Å². The Hall–Kier alpha value is -2.11. The van der Waals surface area contributed by atoms with Gasteiger partial charge in [-0.05, 0) is 12.1 Å². The SMILES string of the molecule is COC(=O)N(c1ccccc1)[N+](=O)[O-]. The van der Waals surface area contributed by atoms with Crippen LogP contribution >= 0.6 is 0 Å². The zero-order valence-corrected chi connectivity index (χ0v) is 7.41. The van der Waals surface area contributed by atoms with E-state index in [1.54, 1.807) is 18.2 Å². The van der Waals surface area contributed by atoms with Crippen molar-refractivity contribution in [1.82, 2.24) is 0 Å². The summed E-state index contributed by atoms with van der Waals surface area (Å²) in [6, 6.07) is 7.77. The van der Waals surface area contributed by atoms with Crippen molar-refractivity contribution in [2.45, 2.75) is 0 Å². The van der Waals surface area contributed by atoms with Crippen molar-refractivity contribution in [3.05, 3.63) is 40.4 Å². The van der Waals surface area contributed by atoms with E-state index in [1.165, 1.54) is 12.1 Å². The molecule has 0 spiro atoms. The summed E-state index contributed by atoms with van der Waals surface area (Å²) in [5.74, 6) is 0. The van der Waals surface area contributed by atoms with Crippen LogP contribution in [0.4, 0.5) is 10.5 Å². The van der Waals surface area contributed by atoms with E-state index in [2.05, 4.69) is 4.74 Å². The molecule has 0 aliphatic rings. The van der Waals surface area contributed by atoms with E-state index in [9.17, 15) is 14.9 Å². The van der Waals surface area contributed by atoms with Crippen molar-refractivity contribution >= 4 is 11.8 Å². The maximum absolute atomic E-state index is 11.0. The average molecular weight is 196 g/mol. The number of nitrogens with zero attached hydrogens (tertiary/aromatic N) is 2. The van der Waals surface area contributed by atoms with Gasteiger partial charge in [-0.25, -0.2) is 14.9 Å². The second kappa shape index (κ2) is 4.22. The number of hydrogen-bond donors (Lipinski definition) is 0. The highest BCUT2D eigenvalue weighted by atomic mass is 16.7. The molecule has 1 amide bonds. The van der Waals surface area contributed by atoms with E-state index in [0.717, 1.165) is 7.11 Å². The van der Waals surface area contributed by atoms with Crippen LogP contribution in [0.25, 0.3) is 0 Å². The molecule has 0 unspecified atom stereocenters. The highest BCUT2D eigenvalue weighted by Crippen LogP contribution is 2.13. The third kappa shape index (κ3) is 1.98. The average Bonchev–Trinajstić information content (AvgIpc) is 2.19. The molecule has 0 N–H and O–H groups in total. The lowest BCUT2D eigenvalue weighted by Crippen LogP contribution is -2.36. The molecule has 6 heteroatoms. The topological polar surface area (TPSA) is 72.7 Å². The largest absolute Gasteiger partial charge is 0.472 e. The third-order valence-corrected chi connectivity index (χ3v) is 1.51. The van der Waals surface area contributed by atoms with Crippen LogP contribution in [-0.4, -0.2) is 18.2 Å². The minimum Gasteiger partial charge on any atom is -0.449 e. The van der Waals surface area contributed by atoms with Gasteiger partial charge in [0.25, 0.3) is 0 Å². The van der Waals surface area contributed by atoms with Crippen molar-refractivity contribution in [3.8, 4) is 0 Å². The third-order valence-electron chi connectivity index (χ3n) is 1.51. The van der Waals surface area contributed by atoms with Gasteiger partial charge in [0.1, 0.15) is 5.69 Å². The summed E-state index contributed by atoms with van der Waals surface area (Å²) >= 11 is 0. The Bertz CT molecular complexity index is 338. The van der Waals surface area contributed by atoms with Crippen molar-refractivity contribution in [2.75, 3.05) is 12.1 Å². The number of methoxy groups -OCH3 is 1. The molecule has 74 valence electrons. The number of carbonyl (C=O) groups excluding carboxylic acids is 1. The van der Waals surface area contributed by atoms with Crippen molar-refractivity contribution in [2.24, 2.45) is 0 Å². The Labute approximate surface area is 79.8 Å². The van der Waals surface area contributed by atoms with Gasteiger partial charge in [-0.15, -0.1) is 0 Å². The van der Waals surface area contributed by atoms with Crippen LogP contribution in [0.2, 0.25) is 0 Å². The van der Waals surface area contributed by atoms with E-state index in [4.69, 9.17) is 0 Å². The molecule has 0 aliphatic carbocycles. The number of para-hydroxylation sites is 1. The molecular weight excluding hydrogens is 188 g/mol. The predicted octanol–water partition coefficient (Wildman–Crippen LogP) is 1.45. The fourth-order valence-electron chi connectivity index (χ4n) is 0.922. The normalized spacial score (nSPS) is 9.21. The van der Waals surface area contributed by atoms with Gasteiger partial charge in [0.2, 0.25) is 0 Å². The zero-order valence-electron chi connectivity index (χ0n) is 7.41. The van der Waals surface area contributed by atoms with Gasteiger partial charge in [-0.3, -0.25) is 0 Å². The van der Waals surface area contributed by atoms with E-state index in [0.29, 0.717) is 5.01 Å². The van der Waals surface area contributed by atoms with Crippen LogP contribution in [0.5, 0.6) is 0 Å². The maximum atomic E-state index is 11.0. The number of rotatable bonds is 2. The Morgan fingerprint density at radius 3 is 2.43 bits per heavy atom. The minimum absolute atomic E-state index is 0.157. The van der Waals surface area contributed by atoms with Gasteiger partial charge < -0.3 is 4.74 Å². The van der Waals surface area contributed by atoms with Gasteiger partial charge >= 0.3 is 6.09 Å². The summed E-state index contributed by atoms with van der Waals surface area (Å²) in [6.45, 7) is 0. The molecule has 0 atom stereocenters.